The largest absolute Gasteiger partial charge is 0.433 e. The van der Waals surface area contributed by atoms with Gasteiger partial charge in [-0.1, -0.05) is 18.2 Å². The fourth-order valence-electron chi connectivity index (χ4n) is 2.55. The number of anilines is 2. The molecule has 0 amide bonds. The van der Waals surface area contributed by atoms with Crippen LogP contribution in [0.15, 0.2) is 54.9 Å². The fraction of sp³-hybridized carbons (Fsp3) is 0.158. The first kappa shape index (κ1) is 19.7. The van der Waals surface area contributed by atoms with Crippen LogP contribution in [-0.4, -0.2) is 21.5 Å². The summed E-state index contributed by atoms with van der Waals surface area (Å²) >= 11 is 5.23. The molecule has 28 heavy (non-hydrogen) atoms. The summed E-state index contributed by atoms with van der Waals surface area (Å²) in [5.41, 5.74) is 2.45. The Hall–Kier alpha value is -3.07. The minimum absolute atomic E-state index is 0.000879. The third kappa shape index (κ3) is 5.46. The number of hydrogen-bond donors (Lipinski definition) is 2. The lowest BCUT2D eigenvalue weighted by atomic mass is 10.2. The molecule has 0 aliphatic heterocycles. The van der Waals surface area contributed by atoms with Crippen molar-refractivity contribution in [3.8, 4) is 5.75 Å². The molecule has 1 heterocycles. The maximum Gasteiger partial charge on any atom is 0.387 e. The number of ether oxygens (including phenoxy) is 1. The van der Waals surface area contributed by atoms with Gasteiger partial charge >= 0.3 is 6.61 Å². The average molecular weight is 406 g/mol. The smallest absolute Gasteiger partial charge is 0.387 e. The third-order valence-corrected chi connectivity index (χ3v) is 3.93. The van der Waals surface area contributed by atoms with E-state index >= 15 is 0 Å². The molecule has 0 bridgehead atoms. The van der Waals surface area contributed by atoms with Gasteiger partial charge in [-0.05, 0) is 54.5 Å². The highest BCUT2D eigenvalue weighted by molar-refractivity contribution is 7.80. The van der Waals surface area contributed by atoms with Crippen molar-refractivity contribution in [1.29, 1.82) is 0 Å². The lowest BCUT2D eigenvalue weighted by Crippen LogP contribution is -2.19. The number of aryl methyl sites for hydroxylation is 1. The van der Waals surface area contributed by atoms with Crippen molar-refractivity contribution in [2.75, 3.05) is 10.6 Å². The monoisotopic (exact) mass is 406 g/mol. The molecule has 0 atom stereocenters. The molecule has 0 saturated carbocycles. The van der Waals surface area contributed by atoms with Crippen LogP contribution in [0.2, 0.25) is 0 Å². The maximum atomic E-state index is 13.3. The summed E-state index contributed by atoms with van der Waals surface area (Å²) in [6, 6.07) is 11.1. The zero-order chi connectivity index (χ0) is 20.1. The minimum Gasteiger partial charge on any atom is -0.433 e. The van der Waals surface area contributed by atoms with Gasteiger partial charge in [0, 0.05) is 6.20 Å². The molecule has 0 radical (unpaired) electrons. The zero-order valence-electron chi connectivity index (χ0n) is 14.8. The van der Waals surface area contributed by atoms with E-state index in [-0.39, 0.29) is 16.7 Å². The van der Waals surface area contributed by atoms with Crippen molar-refractivity contribution in [3.63, 3.8) is 0 Å². The average Bonchev–Trinajstić information content (AvgIpc) is 3.03. The predicted molar refractivity (Wildman–Crippen MR) is 105 cm³/mol. The first-order chi connectivity index (χ1) is 13.4. The second kappa shape index (κ2) is 8.75. The highest BCUT2D eigenvalue weighted by atomic mass is 32.1. The molecular weight excluding hydrogens is 389 g/mol. The summed E-state index contributed by atoms with van der Waals surface area (Å²) in [6.45, 7) is -0.778. The van der Waals surface area contributed by atoms with Crippen LogP contribution in [0.5, 0.6) is 5.75 Å². The molecule has 0 unspecified atom stereocenters. The molecule has 2 N–H and O–H groups in total. The molecule has 3 rings (SSSR count). The second-order valence-electron chi connectivity index (χ2n) is 6.01. The van der Waals surface area contributed by atoms with Crippen molar-refractivity contribution in [1.82, 2.24) is 9.78 Å². The SMILES string of the molecule is Cc1ccc(NC(=S)Nc2cnn(Cc3cccc(F)c3)c2)c(OC(F)F)c1. The summed E-state index contributed by atoms with van der Waals surface area (Å²) in [5.74, 6) is -0.311. The Labute approximate surface area is 165 Å². The Morgan fingerprint density at radius 3 is 2.79 bits per heavy atom. The number of halogens is 3. The van der Waals surface area contributed by atoms with Crippen LogP contribution in [0.1, 0.15) is 11.1 Å². The van der Waals surface area contributed by atoms with E-state index in [1.165, 1.54) is 18.2 Å². The quantitative estimate of drug-likeness (QED) is 0.577. The van der Waals surface area contributed by atoms with E-state index in [4.69, 9.17) is 12.2 Å². The first-order valence-electron chi connectivity index (χ1n) is 8.29. The normalized spacial score (nSPS) is 10.8. The van der Waals surface area contributed by atoms with E-state index in [1.807, 2.05) is 0 Å². The summed E-state index contributed by atoms with van der Waals surface area (Å²) < 4.78 is 44.6. The fourth-order valence-corrected chi connectivity index (χ4v) is 2.78. The Morgan fingerprint density at radius 1 is 1.21 bits per heavy atom. The van der Waals surface area contributed by atoms with Crippen LogP contribution in [-0.2, 0) is 6.54 Å². The van der Waals surface area contributed by atoms with E-state index in [0.717, 1.165) is 11.1 Å². The molecule has 5 nitrogen and oxygen atoms in total. The van der Waals surface area contributed by atoms with Gasteiger partial charge in [0.15, 0.2) is 5.11 Å². The Bertz CT molecular complexity index is 977. The summed E-state index contributed by atoms with van der Waals surface area (Å²) in [4.78, 5) is 0. The van der Waals surface area contributed by atoms with Crippen molar-refractivity contribution in [3.05, 3.63) is 71.8 Å². The van der Waals surface area contributed by atoms with Crippen LogP contribution in [0.25, 0.3) is 0 Å². The Kier molecular flexibility index (Phi) is 6.15. The van der Waals surface area contributed by atoms with Crippen LogP contribution in [0, 0.1) is 12.7 Å². The van der Waals surface area contributed by atoms with Gasteiger partial charge < -0.3 is 15.4 Å². The van der Waals surface area contributed by atoms with Gasteiger partial charge in [-0.2, -0.15) is 13.9 Å². The maximum absolute atomic E-state index is 13.3. The van der Waals surface area contributed by atoms with Crippen molar-refractivity contribution < 1.29 is 17.9 Å². The van der Waals surface area contributed by atoms with E-state index in [9.17, 15) is 13.2 Å². The van der Waals surface area contributed by atoms with Gasteiger partial charge in [0.2, 0.25) is 0 Å². The Morgan fingerprint density at radius 2 is 2.04 bits per heavy atom. The number of nitrogens with one attached hydrogen (secondary N) is 2. The van der Waals surface area contributed by atoms with Gasteiger partial charge in [-0.15, -0.1) is 0 Å². The summed E-state index contributed by atoms with van der Waals surface area (Å²) in [6.07, 6.45) is 3.25. The molecule has 3 aromatic rings. The zero-order valence-corrected chi connectivity index (χ0v) is 15.6. The molecule has 0 fully saturated rings. The summed E-state index contributed by atoms with van der Waals surface area (Å²) in [5, 5.41) is 10.1. The minimum atomic E-state index is -2.94. The number of aromatic nitrogens is 2. The predicted octanol–water partition coefficient (Wildman–Crippen LogP) is 4.79. The van der Waals surface area contributed by atoms with E-state index in [0.29, 0.717) is 17.9 Å². The number of rotatable bonds is 6. The number of nitrogens with zero attached hydrogens (tertiary/aromatic N) is 2. The van der Waals surface area contributed by atoms with E-state index in [2.05, 4.69) is 20.5 Å². The van der Waals surface area contributed by atoms with Gasteiger partial charge in [-0.3, -0.25) is 4.68 Å². The molecule has 9 heteroatoms. The lowest BCUT2D eigenvalue weighted by Gasteiger charge is -2.14. The topological polar surface area (TPSA) is 51.1 Å². The number of benzene rings is 2. The highest BCUT2D eigenvalue weighted by Gasteiger charge is 2.11. The van der Waals surface area contributed by atoms with Crippen LogP contribution >= 0.6 is 12.2 Å². The summed E-state index contributed by atoms with van der Waals surface area (Å²) in [7, 11) is 0. The molecule has 146 valence electrons. The van der Waals surface area contributed by atoms with Crippen molar-refractivity contribution in [2.24, 2.45) is 0 Å². The third-order valence-electron chi connectivity index (χ3n) is 3.73. The molecule has 0 aliphatic carbocycles. The number of thiocarbonyl (C=S) groups is 1. The van der Waals surface area contributed by atoms with Gasteiger partial charge in [0.25, 0.3) is 0 Å². The molecule has 2 aromatic carbocycles. The van der Waals surface area contributed by atoms with Crippen LogP contribution in [0.3, 0.4) is 0 Å². The van der Waals surface area contributed by atoms with Gasteiger partial charge in [0.05, 0.1) is 24.1 Å². The van der Waals surface area contributed by atoms with Gasteiger partial charge in [-0.25, -0.2) is 4.39 Å². The number of alkyl halides is 2. The molecule has 0 spiro atoms. The molecular formula is C19H17F3N4OS. The van der Waals surface area contributed by atoms with E-state index < -0.39 is 6.61 Å². The Balaban J connectivity index is 1.64. The first-order valence-corrected chi connectivity index (χ1v) is 8.70. The number of hydrogen-bond acceptors (Lipinski definition) is 3. The molecule has 0 aliphatic rings. The lowest BCUT2D eigenvalue weighted by molar-refractivity contribution is -0.0493. The molecule has 1 aromatic heterocycles. The van der Waals surface area contributed by atoms with Crippen LogP contribution in [0.4, 0.5) is 24.5 Å². The van der Waals surface area contributed by atoms with Crippen molar-refractivity contribution >= 4 is 28.7 Å². The standard InChI is InChI=1S/C19H17F3N4OS/c1-12-5-6-16(17(7-12)27-18(21)22)25-19(28)24-15-9-23-26(11-15)10-13-3-2-4-14(20)8-13/h2-9,11,18H,10H2,1H3,(H2,24,25,28). The highest BCUT2D eigenvalue weighted by Crippen LogP contribution is 2.27. The van der Waals surface area contributed by atoms with E-state index in [1.54, 1.807) is 48.3 Å². The second-order valence-corrected chi connectivity index (χ2v) is 6.42. The molecule has 0 saturated heterocycles. The van der Waals surface area contributed by atoms with Gasteiger partial charge in [0.1, 0.15) is 11.6 Å². The van der Waals surface area contributed by atoms with Crippen molar-refractivity contribution in [2.45, 2.75) is 20.1 Å². The van der Waals surface area contributed by atoms with Crippen LogP contribution < -0.4 is 15.4 Å².